The number of fused-ring (bicyclic) bond motifs is 2. The summed E-state index contributed by atoms with van der Waals surface area (Å²) >= 11 is 0. The Hall–Kier alpha value is -5.26. The van der Waals surface area contributed by atoms with Crippen LogP contribution in [0.2, 0.25) is 0 Å². The molecule has 1 aliphatic rings. The van der Waals surface area contributed by atoms with Crippen molar-refractivity contribution in [2.75, 3.05) is 4.90 Å². The van der Waals surface area contributed by atoms with Crippen LogP contribution in [0.25, 0.3) is 22.3 Å². The summed E-state index contributed by atoms with van der Waals surface area (Å²) in [5.41, 5.74) is 7.49. The van der Waals surface area contributed by atoms with Crippen LogP contribution in [0.5, 0.6) is 0 Å². The fourth-order valence-corrected chi connectivity index (χ4v) is 7.17. The molecule has 0 radical (unpaired) electrons. The van der Waals surface area contributed by atoms with E-state index in [9.17, 15) is 13.2 Å². The molecule has 42 heavy (non-hydrogen) atoms. The summed E-state index contributed by atoms with van der Waals surface area (Å²) in [5.74, 6) is -0.269. The van der Waals surface area contributed by atoms with E-state index in [1.54, 1.807) is 36.4 Å². The summed E-state index contributed by atoms with van der Waals surface area (Å²) in [6, 6.07) is 48.5. The first-order valence-electron chi connectivity index (χ1n) is 13.6. The maximum Gasteiger partial charge on any atom is 0.208 e. The molecule has 0 N–H and O–H groups in total. The van der Waals surface area contributed by atoms with Crippen molar-refractivity contribution in [3.05, 3.63) is 163 Å². The van der Waals surface area contributed by atoms with Crippen LogP contribution in [0.3, 0.4) is 0 Å². The lowest BCUT2D eigenvalue weighted by Gasteiger charge is -2.25. The van der Waals surface area contributed by atoms with Crippen LogP contribution < -0.4 is 4.90 Å². The topological polar surface area (TPSA) is 54.5 Å². The Labute approximate surface area is 245 Å². The Bertz CT molecular complexity index is 2000. The molecular weight excluding hydrogens is 538 g/mol. The average Bonchev–Trinajstić information content (AvgIpc) is 3.05. The van der Waals surface area contributed by atoms with Gasteiger partial charge >= 0.3 is 0 Å². The van der Waals surface area contributed by atoms with Crippen molar-refractivity contribution in [1.29, 1.82) is 0 Å². The average molecular weight is 564 g/mol. The zero-order chi connectivity index (χ0) is 28.7. The van der Waals surface area contributed by atoms with Gasteiger partial charge in [0.15, 0.2) is 5.78 Å². The van der Waals surface area contributed by atoms with E-state index >= 15 is 0 Å². The predicted molar refractivity (Wildman–Crippen MR) is 167 cm³/mol. The van der Waals surface area contributed by atoms with Crippen molar-refractivity contribution in [3.63, 3.8) is 0 Å². The standard InChI is InChI=1S/C37H25NO3S/c39-37-33-13-7-8-14-35(33)42(40,41)36-24-21-29(25-34(36)37)28-17-15-26(16-18-28)27-19-22-32(23-20-27)38(30-9-3-1-4-10-30)31-11-5-2-6-12-31/h1-25H. The molecule has 0 bridgehead atoms. The number of carbonyl (C=O) groups is 1. The molecule has 6 aromatic carbocycles. The Kier molecular flexibility index (Phi) is 6.30. The first kappa shape index (κ1) is 25.7. The van der Waals surface area contributed by atoms with Crippen molar-refractivity contribution < 1.29 is 13.2 Å². The summed E-state index contributed by atoms with van der Waals surface area (Å²) < 4.78 is 26.3. The smallest absolute Gasteiger partial charge is 0.208 e. The lowest BCUT2D eigenvalue weighted by atomic mass is 9.96. The number of carbonyl (C=O) groups excluding carboxylic acids is 1. The lowest BCUT2D eigenvalue weighted by Crippen LogP contribution is -2.20. The molecule has 7 rings (SSSR count). The number of sulfone groups is 1. The summed E-state index contributed by atoms with van der Waals surface area (Å²) in [7, 11) is -3.75. The molecule has 0 saturated carbocycles. The van der Waals surface area contributed by atoms with Gasteiger partial charge in [-0.15, -0.1) is 0 Å². The molecule has 0 amide bonds. The number of nitrogens with zero attached hydrogens (tertiary/aromatic N) is 1. The van der Waals surface area contributed by atoms with Gasteiger partial charge < -0.3 is 4.90 Å². The molecule has 4 nitrogen and oxygen atoms in total. The van der Waals surface area contributed by atoms with Crippen LogP contribution >= 0.6 is 0 Å². The Morgan fingerprint density at radius 3 is 1.43 bits per heavy atom. The molecule has 0 aliphatic carbocycles. The van der Waals surface area contributed by atoms with E-state index in [0.29, 0.717) is 0 Å². The number of para-hydroxylation sites is 2. The summed E-state index contributed by atoms with van der Waals surface area (Å²) in [4.78, 5) is 15.6. The number of ketones is 1. The predicted octanol–water partition coefficient (Wildman–Crippen LogP) is 8.87. The Morgan fingerprint density at radius 2 is 0.833 bits per heavy atom. The van der Waals surface area contributed by atoms with Crippen LogP contribution in [0, 0.1) is 0 Å². The van der Waals surface area contributed by atoms with Crippen molar-refractivity contribution in [1.82, 2.24) is 0 Å². The summed E-state index contributed by atoms with van der Waals surface area (Å²) in [5, 5.41) is 0. The summed E-state index contributed by atoms with van der Waals surface area (Å²) in [6.45, 7) is 0. The normalized spacial score (nSPS) is 13.2. The van der Waals surface area contributed by atoms with E-state index in [-0.39, 0.29) is 26.7 Å². The van der Waals surface area contributed by atoms with Crippen molar-refractivity contribution in [2.45, 2.75) is 9.79 Å². The van der Waals surface area contributed by atoms with Crippen LogP contribution in [0.15, 0.2) is 161 Å². The third-order valence-electron chi connectivity index (χ3n) is 7.64. The molecule has 6 aromatic rings. The van der Waals surface area contributed by atoms with Crippen molar-refractivity contribution in [3.8, 4) is 22.3 Å². The van der Waals surface area contributed by atoms with Crippen molar-refractivity contribution in [2.24, 2.45) is 0 Å². The van der Waals surface area contributed by atoms with Gasteiger partial charge in [0, 0.05) is 28.2 Å². The van der Waals surface area contributed by atoms with Crippen LogP contribution in [0.4, 0.5) is 17.1 Å². The van der Waals surface area contributed by atoms with Crippen molar-refractivity contribution >= 4 is 32.7 Å². The molecule has 5 heteroatoms. The zero-order valence-corrected chi connectivity index (χ0v) is 23.3. The third kappa shape index (κ3) is 4.41. The van der Waals surface area contributed by atoms with Gasteiger partial charge in [-0.1, -0.05) is 91.0 Å². The van der Waals surface area contributed by atoms with Gasteiger partial charge in [0.25, 0.3) is 0 Å². The molecule has 202 valence electrons. The minimum atomic E-state index is -3.75. The number of benzene rings is 6. The van der Waals surface area contributed by atoms with E-state index in [1.807, 2.05) is 60.7 Å². The largest absolute Gasteiger partial charge is 0.311 e. The van der Waals surface area contributed by atoms with Gasteiger partial charge in [-0.25, -0.2) is 8.42 Å². The molecule has 0 spiro atoms. The van der Waals surface area contributed by atoms with E-state index in [1.165, 1.54) is 6.07 Å². The van der Waals surface area contributed by atoms with Crippen LogP contribution in [-0.4, -0.2) is 14.2 Å². The van der Waals surface area contributed by atoms with E-state index in [4.69, 9.17) is 0 Å². The minimum absolute atomic E-state index is 0.0618. The van der Waals surface area contributed by atoms with E-state index in [2.05, 4.69) is 53.4 Å². The molecule has 1 aliphatic heterocycles. The number of rotatable bonds is 5. The first-order valence-corrected chi connectivity index (χ1v) is 15.1. The number of anilines is 3. The maximum absolute atomic E-state index is 13.2. The molecular formula is C37H25NO3S. The first-order chi connectivity index (χ1) is 20.5. The van der Waals surface area contributed by atoms with Gasteiger partial charge in [-0.3, -0.25) is 4.79 Å². The highest BCUT2D eigenvalue weighted by Gasteiger charge is 2.34. The van der Waals surface area contributed by atoms with Gasteiger partial charge in [0.2, 0.25) is 9.84 Å². The second kappa shape index (κ2) is 10.3. The molecule has 0 fully saturated rings. The quantitative estimate of drug-likeness (QED) is 0.210. The second-order valence-corrected chi connectivity index (χ2v) is 12.1. The summed E-state index contributed by atoms with van der Waals surface area (Å²) in [6.07, 6.45) is 0. The van der Waals surface area contributed by atoms with Gasteiger partial charge in [0.05, 0.1) is 9.79 Å². The van der Waals surface area contributed by atoms with Gasteiger partial charge in [-0.2, -0.15) is 0 Å². The van der Waals surface area contributed by atoms with E-state index in [0.717, 1.165) is 39.3 Å². The zero-order valence-electron chi connectivity index (χ0n) is 22.5. The van der Waals surface area contributed by atoms with Gasteiger partial charge in [-0.05, 0) is 82.9 Å². The fourth-order valence-electron chi connectivity index (χ4n) is 5.53. The van der Waals surface area contributed by atoms with Gasteiger partial charge in [0.1, 0.15) is 0 Å². The number of hydrogen-bond donors (Lipinski definition) is 0. The fraction of sp³-hybridized carbons (Fsp3) is 0. The molecule has 0 unspecified atom stereocenters. The highest BCUT2D eigenvalue weighted by molar-refractivity contribution is 7.91. The molecule has 0 saturated heterocycles. The second-order valence-electron chi connectivity index (χ2n) is 10.2. The highest BCUT2D eigenvalue weighted by atomic mass is 32.2. The number of hydrogen-bond acceptors (Lipinski definition) is 4. The highest BCUT2D eigenvalue weighted by Crippen LogP contribution is 2.38. The molecule has 0 atom stereocenters. The minimum Gasteiger partial charge on any atom is -0.311 e. The molecule has 0 aromatic heterocycles. The Balaban J connectivity index is 1.18. The maximum atomic E-state index is 13.2. The van der Waals surface area contributed by atoms with E-state index < -0.39 is 9.84 Å². The third-order valence-corrected chi connectivity index (χ3v) is 9.51. The Morgan fingerprint density at radius 1 is 0.405 bits per heavy atom. The van der Waals surface area contributed by atoms with Crippen LogP contribution in [-0.2, 0) is 9.84 Å². The SMILES string of the molecule is O=C1c2ccccc2S(=O)(=O)c2ccc(-c3ccc(-c4ccc(N(c5ccccc5)c5ccccc5)cc4)cc3)cc21. The van der Waals surface area contributed by atoms with Crippen LogP contribution in [0.1, 0.15) is 15.9 Å². The monoisotopic (exact) mass is 563 g/mol. The lowest BCUT2D eigenvalue weighted by molar-refractivity contribution is 0.103. The molecule has 1 heterocycles.